The van der Waals surface area contributed by atoms with Gasteiger partial charge in [0.05, 0.1) is 0 Å². The van der Waals surface area contributed by atoms with Gasteiger partial charge >= 0.3 is 0 Å². The highest BCUT2D eigenvalue weighted by atomic mass is 79.9. The van der Waals surface area contributed by atoms with Crippen LogP contribution in [0.3, 0.4) is 0 Å². The minimum atomic E-state index is 0.850. The van der Waals surface area contributed by atoms with E-state index in [4.69, 9.17) is 0 Å². The number of halogens is 1. The van der Waals surface area contributed by atoms with E-state index < -0.39 is 0 Å². The Bertz CT molecular complexity index is 566. The molecular weight excluding hydrogens is 300 g/mol. The third-order valence-corrected chi connectivity index (χ3v) is 3.94. The number of aromatic nitrogens is 1. The van der Waals surface area contributed by atoms with E-state index in [1.165, 1.54) is 22.3 Å². The zero-order valence-corrected chi connectivity index (χ0v) is 13.2. The van der Waals surface area contributed by atoms with E-state index in [2.05, 4.69) is 77.0 Å². The highest BCUT2D eigenvalue weighted by Crippen LogP contribution is 2.20. The van der Waals surface area contributed by atoms with Crippen LogP contribution in [0.1, 0.15) is 22.3 Å². The van der Waals surface area contributed by atoms with Crippen LogP contribution in [0.25, 0.3) is 0 Å². The van der Waals surface area contributed by atoms with Crippen LogP contribution < -0.4 is 4.90 Å². The number of pyridine rings is 1. The maximum absolute atomic E-state index is 4.57. The monoisotopic (exact) mass is 318 g/mol. The van der Waals surface area contributed by atoms with Crippen molar-refractivity contribution in [3.63, 3.8) is 0 Å². The highest BCUT2D eigenvalue weighted by Gasteiger charge is 2.08. The minimum absolute atomic E-state index is 0.850. The van der Waals surface area contributed by atoms with E-state index in [-0.39, 0.29) is 0 Å². The maximum Gasteiger partial charge on any atom is 0.131 e. The first-order chi connectivity index (χ1) is 9.11. The van der Waals surface area contributed by atoms with E-state index in [9.17, 15) is 0 Å². The van der Waals surface area contributed by atoms with Gasteiger partial charge in [-0.15, -0.1) is 0 Å². The minimum Gasteiger partial charge on any atom is -0.355 e. The molecule has 0 aliphatic rings. The third kappa shape index (κ3) is 3.35. The second-order valence-electron chi connectivity index (χ2n) is 4.90. The molecule has 19 heavy (non-hydrogen) atoms. The summed E-state index contributed by atoms with van der Waals surface area (Å²) in [6.07, 6.45) is 1.94. The Balaban J connectivity index is 2.21. The largest absolute Gasteiger partial charge is 0.355 e. The Morgan fingerprint density at radius 3 is 2.53 bits per heavy atom. The number of aryl methyl sites for hydroxylation is 2. The molecule has 0 N–H and O–H groups in total. The molecule has 0 unspecified atom stereocenters. The van der Waals surface area contributed by atoms with Gasteiger partial charge in [0, 0.05) is 25.1 Å². The van der Waals surface area contributed by atoms with Gasteiger partial charge in [-0.3, -0.25) is 0 Å². The molecule has 0 saturated carbocycles. The maximum atomic E-state index is 4.57. The summed E-state index contributed by atoms with van der Waals surface area (Å²) in [5.74, 6) is 1.05. The first-order valence-corrected chi connectivity index (χ1v) is 7.51. The number of alkyl halides is 1. The van der Waals surface area contributed by atoms with Crippen molar-refractivity contribution >= 4 is 21.7 Å². The lowest BCUT2D eigenvalue weighted by Crippen LogP contribution is -2.19. The number of hydrogen-bond acceptors (Lipinski definition) is 2. The van der Waals surface area contributed by atoms with Crippen LogP contribution in [-0.2, 0) is 11.9 Å². The predicted molar refractivity (Wildman–Crippen MR) is 84.9 cm³/mol. The van der Waals surface area contributed by atoms with Gasteiger partial charge in [-0.1, -0.05) is 46.3 Å². The number of rotatable bonds is 4. The lowest BCUT2D eigenvalue weighted by molar-refractivity contribution is 0.882. The molecule has 2 rings (SSSR count). The Labute approximate surface area is 123 Å². The molecule has 0 fully saturated rings. The van der Waals surface area contributed by atoms with Crippen molar-refractivity contribution in [2.24, 2.45) is 0 Å². The molecule has 1 aromatic carbocycles. The van der Waals surface area contributed by atoms with Crippen LogP contribution in [0.4, 0.5) is 5.82 Å². The van der Waals surface area contributed by atoms with E-state index in [0.717, 1.165) is 17.7 Å². The average molecular weight is 319 g/mol. The smallest absolute Gasteiger partial charge is 0.131 e. The summed E-state index contributed by atoms with van der Waals surface area (Å²) in [7, 11) is 2.09. The van der Waals surface area contributed by atoms with E-state index >= 15 is 0 Å². The summed E-state index contributed by atoms with van der Waals surface area (Å²) in [4.78, 5) is 6.77. The van der Waals surface area contributed by atoms with Crippen molar-refractivity contribution in [3.8, 4) is 0 Å². The molecule has 2 aromatic rings. The van der Waals surface area contributed by atoms with Gasteiger partial charge in [0.2, 0.25) is 0 Å². The summed E-state index contributed by atoms with van der Waals surface area (Å²) < 4.78 is 0. The molecule has 0 radical (unpaired) electrons. The van der Waals surface area contributed by atoms with Crippen molar-refractivity contribution in [2.45, 2.75) is 25.7 Å². The summed E-state index contributed by atoms with van der Waals surface area (Å²) in [5.41, 5.74) is 5.10. The Kier molecular flexibility index (Phi) is 4.59. The van der Waals surface area contributed by atoms with Crippen LogP contribution in [0.15, 0.2) is 36.5 Å². The highest BCUT2D eigenvalue weighted by molar-refractivity contribution is 9.08. The molecular formula is C16H19BrN2. The quantitative estimate of drug-likeness (QED) is 0.784. The summed E-state index contributed by atoms with van der Waals surface area (Å²) in [5, 5.41) is 0.850. The second kappa shape index (κ2) is 6.20. The zero-order valence-electron chi connectivity index (χ0n) is 11.7. The van der Waals surface area contributed by atoms with E-state index in [1.807, 2.05) is 6.20 Å². The molecule has 0 spiro atoms. The van der Waals surface area contributed by atoms with Gasteiger partial charge in [0.25, 0.3) is 0 Å². The Morgan fingerprint density at radius 2 is 1.89 bits per heavy atom. The topological polar surface area (TPSA) is 16.1 Å². The number of hydrogen-bond donors (Lipinski definition) is 0. The fourth-order valence-electron chi connectivity index (χ4n) is 2.22. The summed E-state index contributed by atoms with van der Waals surface area (Å²) in [6, 6.07) is 10.7. The SMILES string of the molecule is Cc1ccccc1CN(C)c1ncc(CBr)cc1C. The fourth-order valence-corrected chi connectivity index (χ4v) is 2.52. The molecule has 1 aromatic heterocycles. The molecule has 0 aliphatic heterocycles. The van der Waals surface area contributed by atoms with Crippen molar-refractivity contribution < 1.29 is 0 Å². The third-order valence-electron chi connectivity index (χ3n) is 3.29. The molecule has 2 nitrogen and oxygen atoms in total. The first-order valence-electron chi connectivity index (χ1n) is 6.39. The van der Waals surface area contributed by atoms with Crippen molar-refractivity contribution in [2.75, 3.05) is 11.9 Å². The first kappa shape index (κ1) is 14.1. The van der Waals surface area contributed by atoms with Crippen LogP contribution in [0.5, 0.6) is 0 Å². The van der Waals surface area contributed by atoms with Crippen molar-refractivity contribution in [1.29, 1.82) is 0 Å². The lowest BCUT2D eigenvalue weighted by Gasteiger charge is -2.21. The molecule has 0 amide bonds. The molecule has 100 valence electrons. The molecule has 0 bridgehead atoms. The Morgan fingerprint density at radius 1 is 1.16 bits per heavy atom. The fraction of sp³-hybridized carbons (Fsp3) is 0.312. The van der Waals surface area contributed by atoms with Crippen molar-refractivity contribution in [1.82, 2.24) is 4.98 Å². The van der Waals surface area contributed by atoms with Gasteiger partial charge in [-0.05, 0) is 36.1 Å². The summed E-state index contributed by atoms with van der Waals surface area (Å²) >= 11 is 3.46. The Hall–Kier alpha value is -1.35. The van der Waals surface area contributed by atoms with E-state index in [1.54, 1.807) is 0 Å². The second-order valence-corrected chi connectivity index (χ2v) is 5.46. The van der Waals surface area contributed by atoms with E-state index in [0.29, 0.717) is 0 Å². The van der Waals surface area contributed by atoms with Crippen LogP contribution in [0, 0.1) is 13.8 Å². The van der Waals surface area contributed by atoms with Gasteiger partial charge in [-0.25, -0.2) is 4.98 Å². The van der Waals surface area contributed by atoms with Crippen molar-refractivity contribution in [3.05, 3.63) is 58.8 Å². The van der Waals surface area contributed by atoms with Crippen LogP contribution >= 0.6 is 15.9 Å². The summed E-state index contributed by atoms with van der Waals surface area (Å²) in [6.45, 7) is 5.15. The number of anilines is 1. The predicted octanol–water partition coefficient (Wildman–Crippen LogP) is 4.23. The number of benzene rings is 1. The van der Waals surface area contributed by atoms with Gasteiger partial charge < -0.3 is 4.90 Å². The van der Waals surface area contributed by atoms with Gasteiger partial charge in [0.1, 0.15) is 5.82 Å². The molecule has 0 saturated heterocycles. The normalized spacial score (nSPS) is 10.5. The lowest BCUT2D eigenvalue weighted by atomic mass is 10.1. The standard InChI is InChI=1S/C16H19BrN2/c1-12-6-4-5-7-15(12)11-19(3)16-13(2)8-14(9-17)10-18-16/h4-8,10H,9,11H2,1-3H3. The zero-order chi connectivity index (χ0) is 13.8. The van der Waals surface area contributed by atoms with Gasteiger partial charge in [0.15, 0.2) is 0 Å². The van der Waals surface area contributed by atoms with Gasteiger partial charge in [-0.2, -0.15) is 0 Å². The molecule has 0 aliphatic carbocycles. The molecule has 0 atom stereocenters. The number of nitrogens with zero attached hydrogens (tertiary/aromatic N) is 2. The molecule has 3 heteroatoms. The average Bonchev–Trinajstić information content (AvgIpc) is 2.41. The van der Waals surface area contributed by atoms with Crippen LogP contribution in [0.2, 0.25) is 0 Å². The van der Waals surface area contributed by atoms with Crippen LogP contribution in [-0.4, -0.2) is 12.0 Å². The molecule has 1 heterocycles.